The van der Waals surface area contributed by atoms with Crippen molar-refractivity contribution in [3.05, 3.63) is 27.7 Å². The summed E-state index contributed by atoms with van der Waals surface area (Å²) in [6, 6.07) is 5.46. The van der Waals surface area contributed by atoms with Crippen molar-refractivity contribution in [3.63, 3.8) is 0 Å². The van der Waals surface area contributed by atoms with E-state index in [4.69, 9.17) is 11.6 Å². The third-order valence-corrected chi connectivity index (χ3v) is 5.20. The highest BCUT2D eigenvalue weighted by molar-refractivity contribution is 9.10. The van der Waals surface area contributed by atoms with E-state index in [0.717, 1.165) is 10.2 Å². The Hall–Kier alpha value is -0.520. The summed E-state index contributed by atoms with van der Waals surface area (Å²) < 4.78 is 0.779. The van der Waals surface area contributed by atoms with Crippen LogP contribution in [-0.4, -0.2) is 23.3 Å². The van der Waals surface area contributed by atoms with Crippen LogP contribution in [0.25, 0.3) is 0 Å². The van der Waals surface area contributed by atoms with Gasteiger partial charge in [-0.3, -0.25) is 9.59 Å². The second kappa shape index (κ2) is 6.29. The first-order valence-electron chi connectivity index (χ1n) is 5.86. The highest BCUT2D eigenvalue weighted by Gasteiger charge is 2.30. The number of nitrogens with zero attached hydrogens (tertiary/aromatic N) is 1. The maximum absolute atomic E-state index is 12.0. The molecule has 6 heteroatoms. The topological polar surface area (TPSA) is 37.4 Å². The average molecular weight is 363 g/mol. The molecule has 1 unspecified atom stereocenters. The van der Waals surface area contributed by atoms with Crippen LogP contribution in [0.5, 0.6) is 0 Å². The van der Waals surface area contributed by atoms with Crippen LogP contribution < -0.4 is 4.90 Å². The molecule has 0 N–H and O–H groups in total. The smallest absolute Gasteiger partial charge is 0.227 e. The molecule has 0 radical (unpaired) electrons. The van der Waals surface area contributed by atoms with Gasteiger partial charge in [-0.05, 0) is 40.0 Å². The number of hydrogen-bond donors (Lipinski definition) is 0. The second-order valence-electron chi connectivity index (χ2n) is 4.48. The second-order valence-corrected chi connectivity index (χ2v) is 6.93. The Balaban J connectivity index is 2.07. The number of amides is 1. The fraction of sp³-hybridized carbons (Fsp3) is 0.385. The Morgan fingerprint density at radius 1 is 1.58 bits per heavy atom. The molecule has 0 spiro atoms. The lowest BCUT2D eigenvalue weighted by atomic mass is 10.1. The molecule has 0 aromatic heterocycles. The fourth-order valence-electron chi connectivity index (χ4n) is 2.03. The Morgan fingerprint density at radius 3 is 2.95 bits per heavy atom. The van der Waals surface area contributed by atoms with Crippen LogP contribution in [0.4, 0.5) is 5.69 Å². The number of carbonyl (C=O) groups is 2. The van der Waals surface area contributed by atoms with Gasteiger partial charge in [-0.1, -0.05) is 23.4 Å². The molecule has 3 nitrogen and oxygen atoms in total. The summed E-state index contributed by atoms with van der Waals surface area (Å²) in [7, 11) is 0. The molecule has 1 fully saturated rings. The number of thioether (sulfide) groups is 1. The van der Waals surface area contributed by atoms with Crippen LogP contribution in [-0.2, 0) is 9.59 Å². The Bertz CT molecular complexity index is 523. The van der Waals surface area contributed by atoms with E-state index in [1.54, 1.807) is 17.9 Å². The molecule has 1 aliphatic heterocycles. The first-order chi connectivity index (χ1) is 8.97. The number of anilines is 1. The zero-order valence-electron chi connectivity index (χ0n) is 10.4. The molecule has 1 aromatic rings. The van der Waals surface area contributed by atoms with Crippen molar-refractivity contribution in [1.29, 1.82) is 0 Å². The first-order valence-corrected chi connectivity index (χ1v) is 8.02. The Morgan fingerprint density at radius 2 is 2.32 bits per heavy atom. The molecule has 1 amide bonds. The van der Waals surface area contributed by atoms with Crippen LogP contribution in [0.15, 0.2) is 22.7 Å². The molecule has 1 heterocycles. The zero-order valence-corrected chi connectivity index (χ0v) is 13.5. The van der Waals surface area contributed by atoms with E-state index in [9.17, 15) is 9.59 Å². The summed E-state index contributed by atoms with van der Waals surface area (Å²) in [6.07, 6.45) is 0.501. The minimum absolute atomic E-state index is 0.0973. The van der Waals surface area contributed by atoms with E-state index in [2.05, 4.69) is 15.9 Å². The molecular formula is C13H13BrClNO2S. The van der Waals surface area contributed by atoms with E-state index in [0.29, 0.717) is 23.7 Å². The molecule has 0 bridgehead atoms. The minimum atomic E-state index is 0.0973. The van der Waals surface area contributed by atoms with Crippen LogP contribution in [0.1, 0.15) is 13.3 Å². The molecule has 1 aromatic carbocycles. The van der Waals surface area contributed by atoms with Crippen LogP contribution >= 0.6 is 39.3 Å². The lowest BCUT2D eigenvalue weighted by molar-refractivity contribution is -0.117. The molecule has 2 rings (SSSR count). The minimum Gasteiger partial charge on any atom is -0.312 e. The van der Waals surface area contributed by atoms with Crippen LogP contribution in [0.2, 0.25) is 5.02 Å². The van der Waals surface area contributed by atoms with E-state index in [1.165, 1.54) is 11.8 Å². The van der Waals surface area contributed by atoms with Gasteiger partial charge < -0.3 is 4.90 Å². The third-order valence-electron chi connectivity index (χ3n) is 2.94. The molecule has 0 saturated carbocycles. The average Bonchev–Trinajstić information content (AvgIpc) is 2.72. The predicted octanol–water partition coefficient (Wildman–Crippen LogP) is 3.74. The van der Waals surface area contributed by atoms with Gasteiger partial charge in [0, 0.05) is 35.8 Å². The molecule has 1 saturated heterocycles. The molecule has 0 aliphatic carbocycles. The van der Waals surface area contributed by atoms with Gasteiger partial charge >= 0.3 is 0 Å². The van der Waals surface area contributed by atoms with Gasteiger partial charge in [-0.2, -0.15) is 0 Å². The summed E-state index contributed by atoms with van der Waals surface area (Å²) in [6.45, 7) is 2.21. The van der Waals surface area contributed by atoms with Crippen molar-refractivity contribution in [1.82, 2.24) is 0 Å². The Labute approximate surface area is 129 Å². The molecule has 1 aliphatic rings. The zero-order chi connectivity index (χ0) is 14.0. The summed E-state index contributed by atoms with van der Waals surface area (Å²) >= 11 is 10.6. The maximum Gasteiger partial charge on any atom is 0.227 e. The van der Waals surface area contributed by atoms with Gasteiger partial charge in [0.05, 0.1) is 5.02 Å². The summed E-state index contributed by atoms with van der Waals surface area (Å²) in [5.41, 5.74) is 0.844. The van der Waals surface area contributed by atoms with Crippen LogP contribution in [0.3, 0.4) is 0 Å². The van der Waals surface area contributed by atoms with Gasteiger partial charge in [0.1, 0.15) is 0 Å². The highest BCUT2D eigenvalue weighted by Crippen LogP contribution is 2.32. The SMILES string of the molecule is CC(=O)SCC1CC(=O)N(c2ccc(Cl)c(Br)c2)C1. The maximum atomic E-state index is 12.0. The monoisotopic (exact) mass is 361 g/mol. The Kier molecular flexibility index (Phi) is 4.92. The van der Waals surface area contributed by atoms with Crippen LogP contribution in [0, 0.1) is 5.92 Å². The molecular weight excluding hydrogens is 350 g/mol. The van der Waals surface area contributed by atoms with Gasteiger partial charge in [-0.25, -0.2) is 0 Å². The summed E-state index contributed by atoms with van der Waals surface area (Å²) in [5, 5.41) is 0.721. The highest BCUT2D eigenvalue weighted by atomic mass is 79.9. The van der Waals surface area contributed by atoms with Gasteiger partial charge in [-0.15, -0.1) is 0 Å². The van der Waals surface area contributed by atoms with Crippen molar-refractivity contribution >= 4 is 56.0 Å². The number of benzene rings is 1. The van der Waals surface area contributed by atoms with E-state index >= 15 is 0 Å². The summed E-state index contributed by atoms with van der Waals surface area (Å²) in [5.74, 6) is 1.03. The largest absolute Gasteiger partial charge is 0.312 e. The normalized spacial score (nSPS) is 19.0. The molecule has 102 valence electrons. The summed E-state index contributed by atoms with van der Waals surface area (Å²) in [4.78, 5) is 24.7. The van der Waals surface area contributed by atoms with Crippen molar-refractivity contribution in [3.8, 4) is 0 Å². The van der Waals surface area contributed by atoms with Crippen molar-refractivity contribution in [2.45, 2.75) is 13.3 Å². The van der Waals surface area contributed by atoms with E-state index < -0.39 is 0 Å². The quantitative estimate of drug-likeness (QED) is 0.822. The molecule has 19 heavy (non-hydrogen) atoms. The van der Waals surface area contributed by atoms with Gasteiger partial charge in [0.25, 0.3) is 0 Å². The van der Waals surface area contributed by atoms with Crippen molar-refractivity contribution < 1.29 is 9.59 Å². The lowest BCUT2D eigenvalue weighted by Crippen LogP contribution is -2.24. The molecule has 1 atom stereocenters. The number of halogens is 2. The lowest BCUT2D eigenvalue weighted by Gasteiger charge is -2.17. The predicted molar refractivity (Wildman–Crippen MR) is 82.8 cm³/mol. The number of rotatable bonds is 3. The van der Waals surface area contributed by atoms with Crippen molar-refractivity contribution in [2.24, 2.45) is 5.92 Å². The first kappa shape index (κ1) is 14.9. The standard InChI is InChI=1S/C13H13BrClNO2S/c1-8(17)19-7-9-4-13(18)16(6-9)10-2-3-12(15)11(14)5-10/h2-3,5,9H,4,6-7H2,1H3. The fourth-order valence-corrected chi connectivity index (χ4v) is 3.21. The van der Waals surface area contributed by atoms with E-state index in [-0.39, 0.29) is 16.9 Å². The van der Waals surface area contributed by atoms with Crippen molar-refractivity contribution in [2.75, 3.05) is 17.2 Å². The third kappa shape index (κ3) is 3.74. The number of carbonyl (C=O) groups excluding carboxylic acids is 2. The van der Waals surface area contributed by atoms with E-state index in [1.807, 2.05) is 12.1 Å². The van der Waals surface area contributed by atoms with Gasteiger partial charge in [0.2, 0.25) is 5.91 Å². The number of hydrogen-bond acceptors (Lipinski definition) is 3. The van der Waals surface area contributed by atoms with Gasteiger partial charge in [0.15, 0.2) is 5.12 Å².